The normalized spacial score (nSPS) is 13.6. The lowest BCUT2D eigenvalue weighted by molar-refractivity contribution is -0.146. The largest absolute Gasteiger partial charge is 0.479 e. The Morgan fingerprint density at radius 2 is 1.79 bits per heavy atom. The summed E-state index contributed by atoms with van der Waals surface area (Å²) < 4.78 is 0. The number of carbonyl (C=O) groups is 3. The molecule has 1 aromatic rings. The van der Waals surface area contributed by atoms with E-state index in [0.29, 0.717) is 0 Å². The van der Waals surface area contributed by atoms with Crippen LogP contribution >= 0.6 is 15.9 Å². The van der Waals surface area contributed by atoms with Gasteiger partial charge in [0.1, 0.15) is 0 Å². The van der Waals surface area contributed by atoms with Gasteiger partial charge in [0.2, 0.25) is 0 Å². The molecule has 0 heterocycles. The van der Waals surface area contributed by atoms with Gasteiger partial charge in [-0.3, -0.25) is 4.79 Å². The molecule has 0 radical (unpaired) electrons. The van der Waals surface area contributed by atoms with Gasteiger partial charge in [-0.1, -0.05) is 28.1 Å². The Balaban J connectivity index is 3.55. The number of carboxylic acids is 2. The molecule has 0 bridgehead atoms. The molecule has 0 fully saturated rings. The van der Waals surface area contributed by atoms with Crippen LogP contribution in [0.2, 0.25) is 0 Å². The smallest absolute Gasteiger partial charge is 0.337 e. The second-order valence-electron chi connectivity index (χ2n) is 3.80. The molecule has 2 unspecified atom stereocenters. The van der Waals surface area contributed by atoms with E-state index in [9.17, 15) is 19.5 Å². The van der Waals surface area contributed by atoms with E-state index in [2.05, 4.69) is 15.9 Å². The Bertz CT molecular complexity index is 537. The fraction of sp³-hybridized carbons (Fsp3) is 0.250. The zero-order valence-corrected chi connectivity index (χ0v) is 11.4. The number of benzene rings is 1. The average molecular weight is 331 g/mol. The standard InChI is InChI=1S/C12H11BrO6/c1-5(13)9(14)8-6(10(15)12(18)19)3-2-4-7(8)11(16)17/h2-5,10,15H,1H3,(H,16,17)(H,18,19). The van der Waals surface area contributed by atoms with Crippen molar-refractivity contribution < 1.29 is 29.7 Å². The maximum Gasteiger partial charge on any atom is 0.337 e. The number of halogens is 1. The lowest BCUT2D eigenvalue weighted by Crippen LogP contribution is -2.22. The van der Waals surface area contributed by atoms with E-state index in [-0.39, 0.29) is 16.7 Å². The van der Waals surface area contributed by atoms with Crippen molar-refractivity contribution in [3.63, 3.8) is 0 Å². The van der Waals surface area contributed by atoms with E-state index in [1.165, 1.54) is 25.1 Å². The van der Waals surface area contributed by atoms with E-state index in [0.717, 1.165) is 0 Å². The molecule has 6 nitrogen and oxygen atoms in total. The molecule has 0 aromatic heterocycles. The summed E-state index contributed by atoms with van der Waals surface area (Å²) >= 11 is 3.01. The molecule has 1 rings (SSSR count). The topological polar surface area (TPSA) is 112 Å². The van der Waals surface area contributed by atoms with E-state index in [1.807, 2.05) is 0 Å². The SMILES string of the molecule is CC(Br)C(=O)c1c(C(=O)O)cccc1C(O)C(=O)O. The number of aliphatic hydroxyl groups excluding tert-OH is 1. The third kappa shape index (κ3) is 3.18. The van der Waals surface area contributed by atoms with Crippen molar-refractivity contribution >= 4 is 33.7 Å². The summed E-state index contributed by atoms with van der Waals surface area (Å²) in [4.78, 5) is 33.2. The molecular weight excluding hydrogens is 320 g/mol. The minimum absolute atomic E-state index is 0.233. The van der Waals surface area contributed by atoms with Gasteiger partial charge >= 0.3 is 11.9 Å². The fourth-order valence-electron chi connectivity index (χ4n) is 1.58. The molecule has 0 aliphatic rings. The molecule has 1 aromatic carbocycles. The highest BCUT2D eigenvalue weighted by Crippen LogP contribution is 2.25. The van der Waals surface area contributed by atoms with Gasteiger partial charge in [-0.25, -0.2) is 9.59 Å². The Morgan fingerprint density at radius 1 is 1.21 bits per heavy atom. The van der Waals surface area contributed by atoms with Crippen LogP contribution in [0.25, 0.3) is 0 Å². The lowest BCUT2D eigenvalue weighted by atomic mass is 9.93. The van der Waals surface area contributed by atoms with Crippen LogP contribution in [0, 0.1) is 0 Å². The van der Waals surface area contributed by atoms with Crippen molar-refractivity contribution in [1.29, 1.82) is 0 Å². The van der Waals surface area contributed by atoms with Gasteiger partial charge in [-0.05, 0) is 13.0 Å². The summed E-state index contributed by atoms with van der Waals surface area (Å²) in [6.45, 7) is 1.48. The monoisotopic (exact) mass is 330 g/mol. The average Bonchev–Trinajstić information content (AvgIpc) is 2.35. The number of hydrogen-bond acceptors (Lipinski definition) is 4. The Morgan fingerprint density at radius 3 is 2.21 bits per heavy atom. The lowest BCUT2D eigenvalue weighted by Gasteiger charge is -2.15. The summed E-state index contributed by atoms with van der Waals surface area (Å²) in [6.07, 6.45) is -1.95. The number of carboxylic acid groups (broad SMARTS) is 2. The number of aliphatic carboxylic acids is 1. The van der Waals surface area contributed by atoms with Crippen molar-refractivity contribution in [2.75, 3.05) is 0 Å². The number of carbonyl (C=O) groups excluding carboxylic acids is 1. The number of aliphatic hydroxyl groups is 1. The van der Waals surface area contributed by atoms with Gasteiger partial charge in [0, 0.05) is 11.1 Å². The summed E-state index contributed by atoms with van der Waals surface area (Å²) in [5.41, 5.74) is -0.868. The van der Waals surface area contributed by atoms with Crippen LogP contribution in [0.3, 0.4) is 0 Å². The Hall–Kier alpha value is -1.73. The number of Topliss-reactive ketones (excluding diaryl/α,β-unsaturated/α-hetero) is 1. The first-order valence-electron chi connectivity index (χ1n) is 5.22. The first-order chi connectivity index (χ1) is 8.77. The first-order valence-corrected chi connectivity index (χ1v) is 6.14. The molecular formula is C12H11BrO6. The van der Waals surface area contributed by atoms with Gasteiger partial charge in [-0.15, -0.1) is 0 Å². The molecule has 2 atom stereocenters. The molecule has 19 heavy (non-hydrogen) atoms. The third-order valence-electron chi connectivity index (χ3n) is 2.46. The minimum atomic E-state index is -1.95. The number of aromatic carboxylic acids is 1. The summed E-state index contributed by atoms with van der Waals surface area (Å²) in [5.74, 6) is -3.52. The molecule has 0 saturated heterocycles. The van der Waals surface area contributed by atoms with Crippen LogP contribution in [0.5, 0.6) is 0 Å². The van der Waals surface area contributed by atoms with Gasteiger partial charge in [0.25, 0.3) is 0 Å². The van der Waals surface area contributed by atoms with Crippen molar-refractivity contribution in [2.45, 2.75) is 17.9 Å². The van der Waals surface area contributed by atoms with Crippen LogP contribution in [-0.2, 0) is 4.79 Å². The number of ketones is 1. The quantitative estimate of drug-likeness (QED) is 0.556. The maximum absolute atomic E-state index is 12.0. The van der Waals surface area contributed by atoms with Gasteiger partial charge in [0.05, 0.1) is 10.4 Å². The van der Waals surface area contributed by atoms with E-state index < -0.39 is 28.7 Å². The van der Waals surface area contributed by atoms with E-state index in [4.69, 9.17) is 10.2 Å². The van der Waals surface area contributed by atoms with Gasteiger partial charge in [-0.2, -0.15) is 0 Å². The van der Waals surface area contributed by atoms with Crippen LogP contribution in [0.15, 0.2) is 18.2 Å². The molecule has 3 N–H and O–H groups in total. The Kier molecular flexibility index (Phi) is 4.79. The molecule has 0 aliphatic carbocycles. The third-order valence-corrected chi connectivity index (χ3v) is 2.88. The number of alkyl halides is 1. The highest BCUT2D eigenvalue weighted by molar-refractivity contribution is 9.10. The number of rotatable bonds is 5. The predicted molar refractivity (Wildman–Crippen MR) is 68.7 cm³/mol. The zero-order valence-electron chi connectivity index (χ0n) is 9.83. The molecule has 102 valence electrons. The summed E-state index contributed by atoms with van der Waals surface area (Å²) in [7, 11) is 0. The fourth-order valence-corrected chi connectivity index (χ4v) is 1.81. The molecule has 0 saturated carbocycles. The summed E-state index contributed by atoms with van der Waals surface area (Å²) in [6, 6.07) is 3.68. The van der Waals surface area contributed by atoms with Crippen molar-refractivity contribution in [3.8, 4) is 0 Å². The molecule has 7 heteroatoms. The van der Waals surface area contributed by atoms with Gasteiger partial charge < -0.3 is 15.3 Å². The molecule has 0 aliphatic heterocycles. The van der Waals surface area contributed by atoms with Crippen LogP contribution in [0.4, 0.5) is 0 Å². The van der Waals surface area contributed by atoms with Crippen LogP contribution in [0.1, 0.15) is 39.3 Å². The second kappa shape index (κ2) is 5.94. The zero-order chi connectivity index (χ0) is 14.7. The van der Waals surface area contributed by atoms with E-state index >= 15 is 0 Å². The Labute approximate surface area is 116 Å². The van der Waals surface area contributed by atoms with Crippen molar-refractivity contribution in [2.24, 2.45) is 0 Å². The highest BCUT2D eigenvalue weighted by atomic mass is 79.9. The predicted octanol–water partition coefficient (Wildman–Crippen LogP) is 1.47. The minimum Gasteiger partial charge on any atom is -0.479 e. The van der Waals surface area contributed by atoms with E-state index in [1.54, 1.807) is 0 Å². The molecule has 0 amide bonds. The highest BCUT2D eigenvalue weighted by Gasteiger charge is 2.28. The number of hydrogen-bond donors (Lipinski definition) is 3. The van der Waals surface area contributed by atoms with Crippen molar-refractivity contribution in [3.05, 3.63) is 34.9 Å². The summed E-state index contributed by atoms with van der Waals surface area (Å²) in [5, 5.41) is 27.4. The second-order valence-corrected chi connectivity index (χ2v) is 5.17. The molecule has 0 spiro atoms. The van der Waals surface area contributed by atoms with Crippen molar-refractivity contribution in [1.82, 2.24) is 0 Å². The van der Waals surface area contributed by atoms with Crippen LogP contribution in [-0.4, -0.2) is 37.9 Å². The van der Waals surface area contributed by atoms with Gasteiger partial charge in [0.15, 0.2) is 11.9 Å². The van der Waals surface area contributed by atoms with Crippen LogP contribution < -0.4 is 0 Å². The first kappa shape index (κ1) is 15.3. The maximum atomic E-state index is 12.0.